The van der Waals surface area contributed by atoms with E-state index in [2.05, 4.69) is 5.32 Å². The minimum Gasteiger partial charge on any atom is -0.480 e. The summed E-state index contributed by atoms with van der Waals surface area (Å²) in [6.07, 6.45) is -2.52. The van der Waals surface area contributed by atoms with E-state index < -0.39 is 12.8 Å². The van der Waals surface area contributed by atoms with Crippen molar-refractivity contribution in [2.75, 3.05) is 33.4 Å². The number of hydrogen-bond acceptors (Lipinski definition) is 4. The van der Waals surface area contributed by atoms with Crippen molar-refractivity contribution >= 4 is 5.91 Å². The number of ether oxygens (including phenoxy) is 2. The van der Waals surface area contributed by atoms with Crippen molar-refractivity contribution in [2.24, 2.45) is 0 Å². The topological polar surface area (TPSA) is 50.8 Å². The van der Waals surface area contributed by atoms with Crippen molar-refractivity contribution in [1.82, 2.24) is 10.2 Å². The van der Waals surface area contributed by atoms with Crippen LogP contribution in [0.15, 0.2) is 24.3 Å². The Morgan fingerprint density at radius 1 is 1.29 bits per heavy atom. The van der Waals surface area contributed by atoms with E-state index in [-0.39, 0.29) is 30.1 Å². The second-order valence-corrected chi connectivity index (χ2v) is 5.61. The molecular formula is C16H21F3N2O3. The Morgan fingerprint density at radius 2 is 1.96 bits per heavy atom. The van der Waals surface area contributed by atoms with E-state index in [4.69, 9.17) is 9.47 Å². The molecule has 24 heavy (non-hydrogen) atoms. The molecule has 134 valence electrons. The quantitative estimate of drug-likeness (QED) is 0.858. The smallest absolute Gasteiger partial charge is 0.422 e. The zero-order chi connectivity index (χ0) is 17.6. The minimum atomic E-state index is -4.43. The summed E-state index contributed by atoms with van der Waals surface area (Å²) >= 11 is 0. The van der Waals surface area contributed by atoms with E-state index in [1.807, 2.05) is 7.05 Å². The van der Waals surface area contributed by atoms with Crippen LogP contribution in [0.5, 0.6) is 11.5 Å². The number of nitrogens with zero attached hydrogens (tertiary/aromatic N) is 1. The molecule has 8 heteroatoms. The highest BCUT2D eigenvalue weighted by molar-refractivity contribution is 5.78. The number of amides is 1. The van der Waals surface area contributed by atoms with Crippen molar-refractivity contribution < 1.29 is 27.4 Å². The predicted molar refractivity (Wildman–Crippen MR) is 82.1 cm³/mol. The average molecular weight is 346 g/mol. The van der Waals surface area contributed by atoms with Crippen molar-refractivity contribution in [2.45, 2.75) is 25.1 Å². The largest absolute Gasteiger partial charge is 0.480 e. The van der Waals surface area contributed by atoms with Crippen molar-refractivity contribution in [3.63, 3.8) is 0 Å². The molecule has 1 aliphatic heterocycles. The van der Waals surface area contributed by atoms with Gasteiger partial charge >= 0.3 is 6.18 Å². The Bertz CT molecular complexity index is 552. The van der Waals surface area contributed by atoms with Crippen LogP contribution in [0, 0.1) is 0 Å². The van der Waals surface area contributed by atoms with Gasteiger partial charge in [0.25, 0.3) is 5.91 Å². The van der Waals surface area contributed by atoms with Crippen LogP contribution in [0.2, 0.25) is 0 Å². The second kappa shape index (κ2) is 8.23. The highest BCUT2D eigenvalue weighted by Crippen LogP contribution is 2.28. The number of rotatable bonds is 6. The van der Waals surface area contributed by atoms with Crippen LogP contribution >= 0.6 is 0 Å². The summed E-state index contributed by atoms with van der Waals surface area (Å²) in [6, 6.07) is 6.26. The monoisotopic (exact) mass is 346 g/mol. The fourth-order valence-electron chi connectivity index (χ4n) is 2.52. The fourth-order valence-corrected chi connectivity index (χ4v) is 2.52. The number of piperidine rings is 1. The number of nitrogens with one attached hydrogen (secondary N) is 1. The van der Waals surface area contributed by atoms with Crippen molar-refractivity contribution in [1.29, 1.82) is 0 Å². The molecule has 2 rings (SSSR count). The first-order valence-corrected chi connectivity index (χ1v) is 7.75. The van der Waals surface area contributed by atoms with Crippen LogP contribution in [0.3, 0.4) is 0 Å². The molecule has 0 aromatic heterocycles. The lowest BCUT2D eigenvalue weighted by molar-refractivity contribution is -0.153. The Morgan fingerprint density at radius 3 is 2.58 bits per heavy atom. The summed E-state index contributed by atoms with van der Waals surface area (Å²) < 4.78 is 46.9. The van der Waals surface area contributed by atoms with Gasteiger partial charge in [-0.1, -0.05) is 12.1 Å². The Hall–Kier alpha value is -1.96. The number of halogens is 3. The van der Waals surface area contributed by atoms with Gasteiger partial charge in [-0.2, -0.15) is 13.2 Å². The van der Waals surface area contributed by atoms with Crippen molar-refractivity contribution in [3.8, 4) is 11.5 Å². The fraction of sp³-hybridized carbons (Fsp3) is 0.562. The summed E-state index contributed by atoms with van der Waals surface area (Å²) in [7, 11) is 1.85. The van der Waals surface area contributed by atoms with Gasteiger partial charge < -0.3 is 19.7 Å². The predicted octanol–water partition coefficient (Wildman–Crippen LogP) is 2.22. The van der Waals surface area contributed by atoms with Gasteiger partial charge in [0.1, 0.15) is 0 Å². The van der Waals surface area contributed by atoms with Gasteiger partial charge in [0.2, 0.25) is 0 Å². The maximum Gasteiger partial charge on any atom is 0.422 e. The van der Waals surface area contributed by atoms with Crippen LogP contribution in [0.1, 0.15) is 12.8 Å². The molecule has 5 nitrogen and oxygen atoms in total. The Kier molecular flexibility index (Phi) is 6.30. The third-order valence-corrected chi connectivity index (χ3v) is 3.77. The first-order chi connectivity index (χ1) is 11.4. The molecule has 1 aliphatic rings. The number of benzene rings is 1. The molecule has 0 saturated carbocycles. The van der Waals surface area contributed by atoms with Gasteiger partial charge in [-0.3, -0.25) is 4.79 Å². The molecule has 0 spiro atoms. The molecule has 1 atom stereocenters. The van der Waals surface area contributed by atoms with E-state index in [1.165, 1.54) is 12.1 Å². The lowest BCUT2D eigenvalue weighted by Crippen LogP contribution is -2.48. The summed E-state index contributed by atoms with van der Waals surface area (Å²) in [5, 5.41) is 3.14. The summed E-state index contributed by atoms with van der Waals surface area (Å²) in [4.78, 5) is 13.9. The molecule has 1 heterocycles. The highest BCUT2D eigenvalue weighted by Gasteiger charge is 2.29. The SMILES string of the molecule is CN[C@H]1CCCN(C(=O)COc2ccccc2OCC(F)(F)F)C1. The molecule has 0 aliphatic carbocycles. The zero-order valence-electron chi connectivity index (χ0n) is 13.4. The van der Waals surface area contributed by atoms with Crippen LogP contribution in [-0.4, -0.2) is 56.4 Å². The molecule has 0 unspecified atom stereocenters. The number of alkyl halides is 3. The van der Waals surface area contributed by atoms with Crippen LogP contribution in [0.4, 0.5) is 13.2 Å². The van der Waals surface area contributed by atoms with E-state index in [1.54, 1.807) is 17.0 Å². The van der Waals surface area contributed by atoms with Gasteiger partial charge in [-0.05, 0) is 32.0 Å². The first kappa shape index (κ1) is 18.4. The number of carbonyl (C=O) groups excluding carboxylic acids is 1. The van der Waals surface area contributed by atoms with Gasteiger partial charge in [0.05, 0.1) is 0 Å². The van der Waals surface area contributed by atoms with Gasteiger partial charge in [-0.25, -0.2) is 0 Å². The number of likely N-dealkylation sites (tertiary alicyclic amines) is 1. The third kappa shape index (κ3) is 5.59. The number of likely N-dealkylation sites (N-methyl/N-ethyl adjacent to an activating group) is 1. The number of para-hydroxylation sites is 2. The first-order valence-electron chi connectivity index (χ1n) is 7.75. The van der Waals surface area contributed by atoms with E-state index in [0.29, 0.717) is 13.1 Å². The summed E-state index contributed by atoms with van der Waals surface area (Å²) in [5.74, 6) is -0.104. The van der Waals surface area contributed by atoms with E-state index in [0.717, 1.165) is 12.8 Å². The molecule has 1 fully saturated rings. The van der Waals surface area contributed by atoms with Crippen LogP contribution in [-0.2, 0) is 4.79 Å². The number of hydrogen-bond donors (Lipinski definition) is 1. The Labute approximate surface area is 138 Å². The minimum absolute atomic E-state index is 0.0330. The summed E-state index contributed by atoms with van der Waals surface area (Å²) in [5.41, 5.74) is 0. The van der Waals surface area contributed by atoms with Gasteiger partial charge in [0.15, 0.2) is 24.7 Å². The molecule has 0 radical (unpaired) electrons. The van der Waals surface area contributed by atoms with Gasteiger partial charge in [-0.15, -0.1) is 0 Å². The molecule has 1 N–H and O–H groups in total. The van der Waals surface area contributed by atoms with E-state index in [9.17, 15) is 18.0 Å². The molecular weight excluding hydrogens is 325 g/mol. The van der Waals surface area contributed by atoms with Crippen LogP contribution in [0.25, 0.3) is 0 Å². The molecule has 1 amide bonds. The second-order valence-electron chi connectivity index (χ2n) is 5.61. The lowest BCUT2D eigenvalue weighted by Gasteiger charge is -2.32. The summed E-state index contributed by atoms with van der Waals surface area (Å²) in [6.45, 7) is -0.377. The molecule has 1 saturated heterocycles. The maximum absolute atomic E-state index is 12.3. The van der Waals surface area contributed by atoms with E-state index >= 15 is 0 Å². The van der Waals surface area contributed by atoms with Crippen LogP contribution < -0.4 is 14.8 Å². The zero-order valence-corrected chi connectivity index (χ0v) is 13.4. The maximum atomic E-state index is 12.3. The molecule has 1 aromatic carbocycles. The average Bonchev–Trinajstić information content (AvgIpc) is 2.58. The molecule has 0 bridgehead atoms. The Balaban J connectivity index is 1.90. The highest BCUT2D eigenvalue weighted by atomic mass is 19.4. The molecule has 1 aromatic rings. The standard InChI is InChI=1S/C16H21F3N2O3/c1-20-12-5-4-8-21(9-12)15(22)10-23-13-6-2-3-7-14(13)24-11-16(17,18)19/h2-3,6-7,12,20H,4-5,8-11H2,1H3/t12-/m0/s1. The van der Waals surface area contributed by atoms with Crippen molar-refractivity contribution in [3.05, 3.63) is 24.3 Å². The lowest BCUT2D eigenvalue weighted by atomic mass is 10.1. The van der Waals surface area contributed by atoms with Gasteiger partial charge in [0, 0.05) is 19.1 Å². The third-order valence-electron chi connectivity index (χ3n) is 3.77. The normalized spacial score (nSPS) is 18.3. The number of carbonyl (C=O) groups is 1.